The van der Waals surface area contributed by atoms with Gasteiger partial charge in [-0.05, 0) is 86.9 Å². The lowest BCUT2D eigenvalue weighted by Gasteiger charge is -2.29. The number of phenolic OH excluding ortho intramolecular Hbond substituents is 2. The second-order valence-corrected chi connectivity index (χ2v) is 9.47. The maximum Gasteiger partial charge on any atom is 0.160 e. The zero-order valence-corrected chi connectivity index (χ0v) is 21.9. The summed E-state index contributed by atoms with van der Waals surface area (Å²) >= 11 is 0. The standard InChI is InChI=1S/C14H19NO.C12H15NO2.BrH.ClH/c1-9-3-4-10-11-7-8-15-13(11)6-5-12(10)14(9)16-2;14-11-4-2-7-8-5-6-13-10(8)3-1-9(7)12(11)15;;/h3-4,11,13,15H,5-8H2,1-2H3;2,4,8,10,13-15H,1,3,5-6H2;2*1H/t11-,13+;8-,10+;;/m00../s1. The Morgan fingerprint density at radius 2 is 1.36 bits per heavy atom. The normalized spacial score (nSPS) is 26.2. The first kappa shape index (κ1) is 26.1. The predicted octanol–water partition coefficient (Wildman–Crippen LogP) is 4.88. The van der Waals surface area contributed by atoms with Crippen LogP contribution in [0, 0.1) is 6.92 Å². The van der Waals surface area contributed by atoms with Crippen LogP contribution < -0.4 is 15.4 Å². The van der Waals surface area contributed by atoms with E-state index in [1.807, 2.05) is 6.07 Å². The summed E-state index contributed by atoms with van der Waals surface area (Å²) in [7, 11) is 1.79. The number of nitrogens with one attached hydrogen (secondary N) is 2. The number of fused-ring (bicyclic) bond motifs is 6. The molecule has 5 nitrogen and oxygen atoms in total. The second-order valence-electron chi connectivity index (χ2n) is 9.47. The van der Waals surface area contributed by atoms with E-state index in [4.69, 9.17) is 4.74 Å². The van der Waals surface area contributed by atoms with Crippen molar-refractivity contribution >= 4 is 29.4 Å². The van der Waals surface area contributed by atoms with Gasteiger partial charge in [-0.15, -0.1) is 29.4 Å². The Balaban J connectivity index is 0.000000175. The number of hydrogen-bond acceptors (Lipinski definition) is 5. The van der Waals surface area contributed by atoms with E-state index in [9.17, 15) is 10.2 Å². The minimum absolute atomic E-state index is 0. The Hall–Kier alpha value is -1.47. The highest BCUT2D eigenvalue weighted by atomic mass is 79.9. The molecule has 4 aliphatic rings. The molecule has 4 N–H and O–H groups in total. The molecule has 0 amide bonds. The van der Waals surface area contributed by atoms with Crippen LogP contribution in [-0.2, 0) is 12.8 Å². The molecule has 0 aromatic heterocycles. The van der Waals surface area contributed by atoms with Gasteiger partial charge in [-0.3, -0.25) is 0 Å². The Kier molecular flexibility index (Phi) is 8.60. The molecule has 0 saturated carbocycles. The summed E-state index contributed by atoms with van der Waals surface area (Å²) in [5, 5.41) is 26.3. The smallest absolute Gasteiger partial charge is 0.160 e. The van der Waals surface area contributed by atoms with Crippen LogP contribution in [0.3, 0.4) is 0 Å². The molecule has 2 aliphatic carbocycles. The lowest BCUT2D eigenvalue weighted by atomic mass is 9.79. The maximum atomic E-state index is 9.79. The molecule has 0 bridgehead atoms. The molecule has 182 valence electrons. The lowest BCUT2D eigenvalue weighted by molar-refractivity contribution is 0.388. The number of phenols is 2. The molecular weight excluding hydrogens is 504 g/mol. The van der Waals surface area contributed by atoms with Crippen molar-refractivity contribution in [2.75, 3.05) is 20.2 Å². The van der Waals surface area contributed by atoms with Gasteiger partial charge in [-0.2, -0.15) is 0 Å². The van der Waals surface area contributed by atoms with Crippen molar-refractivity contribution in [3.8, 4) is 17.2 Å². The summed E-state index contributed by atoms with van der Waals surface area (Å²) in [6, 6.07) is 9.37. The fourth-order valence-electron chi connectivity index (χ4n) is 6.39. The average Bonchev–Trinajstić information content (AvgIpc) is 3.45. The van der Waals surface area contributed by atoms with Crippen molar-refractivity contribution in [3.05, 3.63) is 52.1 Å². The van der Waals surface area contributed by atoms with Gasteiger partial charge < -0.3 is 25.6 Å². The zero-order chi connectivity index (χ0) is 21.5. The molecule has 6 rings (SSSR count). The van der Waals surface area contributed by atoms with Crippen molar-refractivity contribution in [1.82, 2.24) is 10.6 Å². The van der Waals surface area contributed by atoms with Crippen molar-refractivity contribution in [3.63, 3.8) is 0 Å². The molecule has 4 atom stereocenters. The molecular formula is C26H36BrClN2O3. The van der Waals surface area contributed by atoms with Gasteiger partial charge in [0.05, 0.1) is 7.11 Å². The summed E-state index contributed by atoms with van der Waals surface area (Å²) < 4.78 is 5.57. The predicted molar refractivity (Wildman–Crippen MR) is 140 cm³/mol. The second kappa shape index (κ2) is 10.9. The number of methoxy groups -OCH3 is 1. The van der Waals surface area contributed by atoms with Crippen LogP contribution >= 0.6 is 29.4 Å². The molecule has 2 saturated heterocycles. The van der Waals surface area contributed by atoms with E-state index in [0.717, 1.165) is 49.5 Å². The third kappa shape index (κ3) is 4.72. The van der Waals surface area contributed by atoms with Gasteiger partial charge in [0.15, 0.2) is 11.5 Å². The van der Waals surface area contributed by atoms with Gasteiger partial charge in [-0.25, -0.2) is 0 Å². The number of benzene rings is 2. The van der Waals surface area contributed by atoms with Gasteiger partial charge >= 0.3 is 0 Å². The molecule has 2 aromatic rings. The molecule has 2 heterocycles. The van der Waals surface area contributed by atoms with Crippen molar-refractivity contribution in [1.29, 1.82) is 0 Å². The van der Waals surface area contributed by atoms with Crippen molar-refractivity contribution in [2.45, 2.75) is 69.4 Å². The Bertz CT molecular complexity index is 986. The van der Waals surface area contributed by atoms with Crippen LogP contribution in [0.25, 0.3) is 0 Å². The van der Waals surface area contributed by atoms with Crippen LogP contribution in [-0.4, -0.2) is 42.5 Å². The van der Waals surface area contributed by atoms with Crippen LogP contribution in [0.1, 0.15) is 65.3 Å². The van der Waals surface area contributed by atoms with Crippen LogP contribution in [0.15, 0.2) is 24.3 Å². The highest BCUT2D eigenvalue weighted by Crippen LogP contribution is 2.44. The van der Waals surface area contributed by atoms with Gasteiger partial charge in [0.1, 0.15) is 5.75 Å². The number of ether oxygens (including phenoxy) is 1. The third-order valence-corrected chi connectivity index (χ3v) is 7.90. The average molecular weight is 540 g/mol. The Morgan fingerprint density at radius 1 is 0.818 bits per heavy atom. The Labute approximate surface area is 213 Å². The SMILES string of the molecule is Br.COc1c(C)ccc2c1CC[C@H]1NCC[C@@H]21.Cl.Oc1ccc2c(c1O)CC[C@H]1NCC[C@@H]21. The minimum Gasteiger partial charge on any atom is -0.504 e. The number of halogens is 2. The third-order valence-electron chi connectivity index (χ3n) is 7.90. The summed E-state index contributed by atoms with van der Waals surface area (Å²) in [5.74, 6) is 2.48. The first-order valence-corrected chi connectivity index (χ1v) is 11.7. The van der Waals surface area contributed by atoms with Crippen LogP contribution in [0.5, 0.6) is 17.2 Å². The first-order valence-electron chi connectivity index (χ1n) is 11.7. The Morgan fingerprint density at radius 3 is 1.97 bits per heavy atom. The van der Waals surface area contributed by atoms with Crippen molar-refractivity contribution in [2.24, 2.45) is 0 Å². The number of hydrogen-bond donors (Lipinski definition) is 4. The van der Waals surface area contributed by atoms with Gasteiger partial charge in [0.25, 0.3) is 0 Å². The van der Waals surface area contributed by atoms with Gasteiger partial charge in [-0.1, -0.05) is 18.2 Å². The topological polar surface area (TPSA) is 73.8 Å². The summed E-state index contributed by atoms with van der Waals surface area (Å²) in [6.07, 6.45) is 6.77. The zero-order valence-electron chi connectivity index (χ0n) is 19.4. The lowest BCUT2D eigenvalue weighted by Crippen LogP contribution is -2.30. The fraction of sp³-hybridized carbons (Fsp3) is 0.538. The minimum atomic E-state index is 0. The van der Waals surface area contributed by atoms with E-state index in [2.05, 4.69) is 29.7 Å². The number of rotatable bonds is 1. The van der Waals surface area contributed by atoms with E-state index in [1.54, 1.807) is 13.2 Å². The highest BCUT2D eigenvalue weighted by molar-refractivity contribution is 8.93. The molecule has 2 aromatic carbocycles. The van der Waals surface area contributed by atoms with E-state index in [-0.39, 0.29) is 40.9 Å². The molecule has 0 spiro atoms. The summed E-state index contributed by atoms with van der Waals surface area (Å²) in [5.41, 5.74) is 6.45. The summed E-state index contributed by atoms with van der Waals surface area (Å²) in [4.78, 5) is 0. The molecule has 2 aliphatic heterocycles. The number of aryl methyl sites for hydroxylation is 1. The molecule has 0 unspecified atom stereocenters. The highest BCUT2D eigenvalue weighted by Gasteiger charge is 2.35. The quantitative estimate of drug-likeness (QED) is 0.389. The maximum absolute atomic E-state index is 9.79. The largest absolute Gasteiger partial charge is 0.504 e. The fourth-order valence-corrected chi connectivity index (χ4v) is 6.39. The van der Waals surface area contributed by atoms with E-state index < -0.39 is 0 Å². The molecule has 2 fully saturated rings. The van der Waals surface area contributed by atoms with E-state index in [1.165, 1.54) is 41.6 Å². The molecule has 0 radical (unpaired) electrons. The monoisotopic (exact) mass is 538 g/mol. The van der Waals surface area contributed by atoms with Crippen LogP contribution in [0.2, 0.25) is 0 Å². The van der Waals surface area contributed by atoms with E-state index >= 15 is 0 Å². The van der Waals surface area contributed by atoms with Gasteiger partial charge in [0.2, 0.25) is 0 Å². The first-order chi connectivity index (χ1) is 15.1. The summed E-state index contributed by atoms with van der Waals surface area (Å²) in [6.45, 7) is 4.37. The number of aromatic hydroxyl groups is 2. The molecule has 7 heteroatoms. The molecule has 33 heavy (non-hydrogen) atoms. The van der Waals surface area contributed by atoms with Crippen LogP contribution in [0.4, 0.5) is 0 Å². The van der Waals surface area contributed by atoms with Crippen molar-refractivity contribution < 1.29 is 14.9 Å². The van der Waals surface area contributed by atoms with Gasteiger partial charge in [0, 0.05) is 29.5 Å². The van der Waals surface area contributed by atoms with E-state index in [0.29, 0.717) is 18.0 Å².